The molecule has 1 aromatic heterocycles. The molecule has 1 spiro atoms. The van der Waals surface area contributed by atoms with Gasteiger partial charge < -0.3 is 24.2 Å². The predicted molar refractivity (Wildman–Crippen MR) is 164 cm³/mol. The molecule has 220 valence electrons. The molecule has 0 N–H and O–H groups in total. The molecule has 0 aliphatic carbocycles. The van der Waals surface area contributed by atoms with Gasteiger partial charge in [-0.2, -0.15) is 9.97 Å². The maximum absolute atomic E-state index is 12.1. The average molecular weight is 568 g/mol. The number of carbonyl (C=O) groups is 1. The van der Waals surface area contributed by atoms with Crippen LogP contribution >= 0.6 is 0 Å². The lowest BCUT2D eigenvalue weighted by molar-refractivity contribution is -0.139. The summed E-state index contributed by atoms with van der Waals surface area (Å²) in [5.41, 5.74) is 4.81. The van der Waals surface area contributed by atoms with Crippen LogP contribution in [0, 0.1) is 12.3 Å². The molecule has 4 aliphatic rings. The number of fused-ring (bicyclic) bond motifs is 2. The van der Waals surface area contributed by atoms with Gasteiger partial charge in [0.25, 0.3) is 0 Å². The summed E-state index contributed by atoms with van der Waals surface area (Å²) in [6, 6.07) is 13.8. The van der Waals surface area contributed by atoms with E-state index in [9.17, 15) is 4.79 Å². The highest BCUT2D eigenvalue weighted by atomic mass is 16.5. The topological polar surface area (TPSA) is 71.0 Å². The third-order valence-corrected chi connectivity index (χ3v) is 10.1. The fraction of sp³-hybridized carbons (Fsp3) is 0.500. The Hall–Kier alpha value is -3.49. The van der Waals surface area contributed by atoms with E-state index < -0.39 is 0 Å². The molecule has 1 unspecified atom stereocenters. The van der Waals surface area contributed by atoms with Gasteiger partial charge in [-0.1, -0.05) is 43.0 Å². The fourth-order valence-corrected chi connectivity index (χ4v) is 7.50. The minimum atomic E-state index is -0.0770. The second-order valence-electron chi connectivity index (χ2n) is 12.8. The standard InChI is InChI=1S/C34H41N5O3/c1-4-30(40)39-21-34(22-39)13-16-38(17-14-34)32-27-20-41-29(26-12-6-10-24-9-5-8-23(2)31(24)26)18-28(27)35-33(36-32)42-19-25-11-7-15-37(25)3/h4-6,8-10,12,25,29H,1,7,11,13-22H2,2-3H3/t25-,29?/m0/s1. The predicted octanol–water partition coefficient (Wildman–Crippen LogP) is 4.84. The van der Waals surface area contributed by atoms with Crippen LogP contribution in [0.15, 0.2) is 49.1 Å². The third kappa shape index (κ3) is 4.94. The van der Waals surface area contributed by atoms with Crippen molar-refractivity contribution in [2.24, 2.45) is 5.41 Å². The average Bonchev–Trinajstić information content (AvgIpc) is 3.42. The lowest BCUT2D eigenvalue weighted by Gasteiger charge is -2.54. The smallest absolute Gasteiger partial charge is 0.318 e. The van der Waals surface area contributed by atoms with Gasteiger partial charge in [0.15, 0.2) is 0 Å². The Kier molecular flexibility index (Phi) is 7.14. The van der Waals surface area contributed by atoms with E-state index in [1.807, 2.05) is 4.90 Å². The van der Waals surface area contributed by atoms with Crippen molar-refractivity contribution in [3.05, 3.63) is 71.4 Å². The van der Waals surface area contributed by atoms with E-state index in [0.717, 1.165) is 69.1 Å². The molecule has 5 heterocycles. The number of piperidine rings is 1. The molecule has 0 radical (unpaired) electrons. The number of aryl methyl sites for hydroxylation is 1. The maximum atomic E-state index is 12.1. The Bertz CT molecular complexity index is 1500. The minimum Gasteiger partial charge on any atom is -0.462 e. The van der Waals surface area contributed by atoms with Gasteiger partial charge in [0.2, 0.25) is 5.91 Å². The molecule has 42 heavy (non-hydrogen) atoms. The van der Waals surface area contributed by atoms with Crippen LogP contribution in [-0.4, -0.2) is 78.1 Å². The molecule has 4 aliphatic heterocycles. The van der Waals surface area contributed by atoms with Crippen molar-refractivity contribution in [3.63, 3.8) is 0 Å². The summed E-state index contributed by atoms with van der Waals surface area (Å²) in [6.07, 6.45) is 6.45. The number of aromatic nitrogens is 2. The number of ether oxygens (including phenoxy) is 2. The van der Waals surface area contributed by atoms with Gasteiger partial charge in [-0.25, -0.2) is 0 Å². The van der Waals surface area contributed by atoms with Crippen LogP contribution in [0.25, 0.3) is 10.8 Å². The number of hydrogen-bond donors (Lipinski definition) is 0. The Morgan fingerprint density at radius 3 is 2.67 bits per heavy atom. The van der Waals surface area contributed by atoms with Crippen LogP contribution in [0.4, 0.5) is 5.82 Å². The van der Waals surface area contributed by atoms with Crippen molar-refractivity contribution in [1.82, 2.24) is 19.8 Å². The highest BCUT2D eigenvalue weighted by Crippen LogP contribution is 2.43. The van der Waals surface area contributed by atoms with E-state index >= 15 is 0 Å². The van der Waals surface area contributed by atoms with E-state index in [2.05, 4.69) is 66.7 Å². The second kappa shape index (κ2) is 11.0. The van der Waals surface area contributed by atoms with Crippen molar-refractivity contribution >= 4 is 22.5 Å². The monoisotopic (exact) mass is 567 g/mol. The van der Waals surface area contributed by atoms with E-state index in [0.29, 0.717) is 31.7 Å². The van der Waals surface area contributed by atoms with Gasteiger partial charge in [-0.3, -0.25) is 4.79 Å². The summed E-state index contributed by atoms with van der Waals surface area (Å²) in [7, 11) is 2.17. The van der Waals surface area contributed by atoms with Crippen LogP contribution in [0.2, 0.25) is 0 Å². The molecule has 8 nitrogen and oxygen atoms in total. The van der Waals surface area contributed by atoms with Crippen molar-refractivity contribution in [3.8, 4) is 6.01 Å². The summed E-state index contributed by atoms with van der Waals surface area (Å²) >= 11 is 0. The number of anilines is 1. The lowest BCUT2D eigenvalue weighted by atomic mass is 9.72. The van der Waals surface area contributed by atoms with Gasteiger partial charge >= 0.3 is 6.01 Å². The van der Waals surface area contributed by atoms with E-state index in [1.54, 1.807) is 0 Å². The van der Waals surface area contributed by atoms with Gasteiger partial charge in [0.1, 0.15) is 12.4 Å². The summed E-state index contributed by atoms with van der Waals surface area (Å²) in [4.78, 5) is 28.8. The van der Waals surface area contributed by atoms with Gasteiger partial charge in [-0.15, -0.1) is 0 Å². The van der Waals surface area contributed by atoms with E-state index in [-0.39, 0.29) is 17.4 Å². The quantitative estimate of drug-likeness (QED) is 0.395. The molecule has 2 atom stereocenters. The molecule has 2 aromatic carbocycles. The molecule has 0 saturated carbocycles. The normalized spacial score (nSPS) is 23.6. The number of likely N-dealkylation sites (N-methyl/N-ethyl adjacent to an activating group) is 1. The number of likely N-dealkylation sites (tertiary alicyclic amines) is 2. The summed E-state index contributed by atoms with van der Waals surface area (Å²) in [5.74, 6) is 0.992. The Morgan fingerprint density at radius 2 is 1.93 bits per heavy atom. The zero-order valence-corrected chi connectivity index (χ0v) is 24.8. The molecule has 3 aromatic rings. The van der Waals surface area contributed by atoms with Crippen LogP contribution in [0.5, 0.6) is 6.01 Å². The summed E-state index contributed by atoms with van der Waals surface area (Å²) in [5, 5.41) is 2.51. The minimum absolute atomic E-state index is 0.0377. The lowest BCUT2D eigenvalue weighted by Crippen LogP contribution is -2.61. The zero-order valence-electron chi connectivity index (χ0n) is 24.8. The first-order chi connectivity index (χ1) is 20.4. The highest BCUT2D eigenvalue weighted by molar-refractivity contribution is 5.89. The van der Waals surface area contributed by atoms with Crippen molar-refractivity contribution in [2.45, 2.75) is 57.8 Å². The summed E-state index contributed by atoms with van der Waals surface area (Å²) < 4.78 is 12.9. The molecule has 7 rings (SSSR count). The van der Waals surface area contributed by atoms with Crippen molar-refractivity contribution in [2.75, 3.05) is 51.3 Å². The third-order valence-electron chi connectivity index (χ3n) is 10.1. The number of benzene rings is 2. The first-order valence-corrected chi connectivity index (χ1v) is 15.4. The number of rotatable bonds is 6. The van der Waals surface area contributed by atoms with E-state index in [4.69, 9.17) is 19.4 Å². The van der Waals surface area contributed by atoms with Crippen molar-refractivity contribution in [1.29, 1.82) is 0 Å². The Balaban J connectivity index is 1.16. The Morgan fingerprint density at radius 1 is 1.14 bits per heavy atom. The maximum Gasteiger partial charge on any atom is 0.318 e. The second-order valence-corrected chi connectivity index (χ2v) is 12.8. The molecule has 0 bridgehead atoms. The van der Waals surface area contributed by atoms with Gasteiger partial charge in [-0.05, 0) is 74.2 Å². The molecular weight excluding hydrogens is 526 g/mol. The van der Waals surface area contributed by atoms with Crippen molar-refractivity contribution < 1.29 is 14.3 Å². The number of amides is 1. The zero-order chi connectivity index (χ0) is 28.8. The number of carbonyl (C=O) groups excluding carboxylic acids is 1. The molecular formula is C34H41N5O3. The van der Waals surface area contributed by atoms with Crippen LogP contribution in [0.3, 0.4) is 0 Å². The SMILES string of the molecule is C=CC(=O)N1CC2(CCN(c3nc(OC[C@@H]4CCCN4C)nc4c3COC(c3cccc5cccc(C)c35)C4)CC2)C1. The Labute approximate surface area is 248 Å². The molecule has 1 amide bonds. The first kappa shape index (κ1) is 27.3. The molecule has 8 heteroatoms. The largest absolute Gasteiger partial charge is 0.462 e. The highest BCUT2D eigenvalue weighted by Gasteiger charge is 2.46. The van der Waals surface area contributed by atoms with Crippen LogP contribution in [-0.2, 0) is 22.6 Å². The molecule has 3 fully saturated rings. The number of nitrogens with zero attached hydrogens (tertiary/aromatic N) is 5. The van der Waals surface area contributed by atoms with Crippen LogP contribution < -0.4 is 9.64 Å². The van der Waals surface area contributed by atoms with Crippen LogP contribution in [0.1, 0.15) is 54.2 Å². The molecule has 3 saturated heterocycles. The van der Waals surface area contributed by atoms with Gasteiger partial charge in [0, 0.05) is 49.6 Å². The van der Waals surface area contributed by atoms with E-state index in [1.165, 1.54) is 34.4 Å². The number of hydrogen-bond acceptors (Lipinski definition) is 7. The van der Waals surface area contributed by atoms with Gasteiger partial charge in [0.05, 0.1) is 18.4 Å². The summed E-state index contributed by atoms with van der Waals surface area (Å²) in [6.45, 7) is 11.5. The fourth-order valence-electron chi connectivity index (χ4n) is 7.50. The first-order valence-electron chi connectivity index (χ1n) is 15.4.